The van der Waals surface area contributed by atoms with Crippen LogP contribution in [0.15, 0.2) is 42.7 Å². The summed E-state index contributed by atoms with van der Waals surface area (Å²) in [6, 6.07) is 10.1. The number of nitrogens with zero attached hydrogens (tertiary/aromatic N) is 1. The van der Waals surface area contributed by atoms with Gasteiger partial charge in [0.2, 0.25) is 0 Å². The normalized spacial score (nSPS) is 11.5. The Labute approximate surface area is 102 Å². The first-order chi connectivity index (χ1) is 7.97. The molecular weight excluding hydrogens is 210 g/mol. The van der Waals surface area contributed by atoms with Gasteiger partial charge in [-0.1, -0.05) is 45.0 Å². The van der Waals surface area contributed by atoms with E-state index in [-0.39, 0.29) is 11.2 Å². The quantitative estimate of drug-likeness (QED) is 0.804. The standard InChI is InChI=1S/C15H17NO/c1-15(2,3)13-6-4-11(5-7-13)12-8-14(17)10-16-9-12/h4-10,17H,1-3H3. The van der Waals surface area contributed by atoms with Crippen molar-refractivity contribution in [1.82, 2.24) is 4.98 Å². The molecule has 1 N–H and O–H groups in total. The number of aromatic hydroxyl groups is 1. The molecule has 0 spiro atoms. The van der Waals surface area contributed by atoms with Crippen LogP contribution >= 0.6 is 0 Å². The molecule has 0 saturated heterocycles. The van der Waals surface area contributed by atoms with Crippen molar-refractivity contribution in [2.24, 2.45) is 0 Å². The van der Waals surface area contributed by atoms with Crippen LogP contribution in [0.4, 0.5) is 0 Å². The zero-order valence-corrected chi connectivity index (χ0v) is 10.4. The molecule has 2 rings (SSSR count). The molecule has 0 bridgehead atoms. The highest BCUT2D eigenvalue weighted by Gasteiger charge is 2.13. The Hall–Kier alpha value is -1.83. The third kappa shape index (κ3) is 2.64. The van der Waals surface area contributed by atoms with Crippen molar-refractivity contribution in [3.05, 3.63) is 48.3 Å². The molecule has 0 radical (unpaired) electrons. The summed E-state index contributed by atoms with van der Waals surface area (Å²) in [5.74, 6) is 0.197. The van der Waals surface area contributed by atoms with E-state index < -0.39 is 0 Å². The summed E-state index contributed by atoms with van der Waals surface area (Å²) in [4.78, 5) is 3.98. The summed E-state index contributed by atoms with van der Waals surface area (Å²) < 4.78 is 0. The van der Waals surface area contributed by atoms with Gasteiger partial charge in [-0.05, 0) is 22.6 Å². The molecule has 1 aromatic carbocycles. The summed E-state index contributed by atoms with van der Waals surface area (Å²) in [7, 11) is 0. The van der Waals surface area contributed by atoms with E-state index in [1.807, 2.05) is 0 Å². The van der Waals surface area contributed by atoms with Gasteiger partial charge in [0.1, 0.15) is 5.75 Å². The van der Waals surface area contributed by atoms with Gasteiger partial charge in [-0.15, -0.1) is 0 Å². The zero-order chi connectivity index (χ0) is 12.5. The van der Waals surface area contributed by atoms with Gasteiger partial charge in [-0.2, -0.15) is 0 Å². The Balaban J connectivity index is 2.36. The lowest BCUT2D eigenvalue weighted by Crippen LogP contribution is -2.10. The second-order valence-electron chi connectivity index (χ2n) is 5.26. The highest BCUT2D eigenvalue weighted by Crippen LogP contribution is 2.26. The maximum atomic E-state index is 9.40. The molecule has 0 amide bonds. The molecule has 2 nitrogen and oxygen atoms in total. The van der Waals surface area contributed by atoms with E-state index in [9.17, 15) is 5.11 Å². The van der Waals surface area contributed by atoms with E-state index in [4.69, 9.17) is 0 Å². The van der Waals surface area contributed by atoms with Gasteiger partial charge >= 0.3 is 0 Å². The Morgan fingerprint density at radius 3 is 2.12 bits per heavy atom. The van der Waals surface area contributed by atoms with Crippen LogP contribution in [0.3, 0.4) is 0 Å². The fourth-order valence-corrected chi connectivity index (χ4v) is 1.75. The van der Waals surface area contributed by atoms with Crippen molar-refractivity contribution >= 4 is 0 Å². The number of hydrogen-bond donors (Lipinski definition) is 1. The van der Waals surface area contributed by atoms with Crippen molar-refractivity contribution in [2.45, 2.75) is 26.2 Å². The molecule has 2 heteroatoms. The van der Waals surface area contributed by atoms with Crippen molar-refractivity contribution in [3.63, 3.8) is 0 Å². The van der Waals surface area contributed by atoms with Gasteiger partial charge in [-0.25, -0.2) is 0 Å². The topological polar surface area (TPSA) is 33.1 Å². The fraction of sp³-hybridized carbons (Fsp3) is 0.267. The molecule has 1 aromatic heterocycles. The van der Waals surface area contributed by atoms with Gasteiger partial charge in [0.05, 0.1) is 6.20 Å². The Kier molecular flexibility index (Phi) is 2.88. The number of hydrogen-bond acceptors (Lipinski definition) is 2. The lowest BCUT2D eigenvalue weighted by atomic mass is 9.86. The smallest absolute Gasteiger partial charge is 0.134 e. The van der Waals surface area contributed by atoms with Gasteiger partial charge in [0, 0.05) is 11.8 Å². The third-order valence-electron chi connectivity index (χ3n) is 2.81. The average molecular weight is 227 g/mol. The Morgan fingerprint density at radius 2 is 1.59 bits per heavy atom. The highest BCUT2D eigenvalue weighted by molar-refractivity contribution is 5.64. The minimum atomic E-state index is 0.162. The van der Waals surface area contributed by atoms with Gasteiger partial charge < -0.3 is 5.11 Å². The van der Waals surface area contributed by atoms with E-state index >= 15 is 0 Å². The van der Waals surface area contributed by atoms with Crippen LogP contribution in [0.5, 0.6) is 5.75 Å². The molecule has 0 aliphatic heterocycles. The minimum Gasteiger partial charge on any atom is -0.506 e. The van der Waals surface area contributed by atoms with Gasteiger partial charge in [-0.3, -0.25) is 4.98 Å². The molecule has 17 heavy (non-hydrogen) atoms. The molecule has 0 aliphatic carbocycles. The molecule has 0 aliphatic rings. The van der Waals surface area contributed by atoms with E-state index in [0.29, 0.717) is 0 Å². The Bertz CT molecular complexity index is 509. The predicted molar refractivity (Wildman–Crippen MR) is 70.0 cm³/mol. The largest absolute Gasteiger partial charge is 0.506 e. The van der Waals surface area contributed by atoms with Gasteiger partial charge in [0.15, 0.2) is 0 Å². The lowest BCUT2D eigenvalue weighted by Gasteiger charge is -2.19. The summed E-state index contributed by atoms with van der Waals surface area (Å²) in [5, 5.41) is 9.40. The SMILES string of the molecule is CC(C)(C)c1ccc(-c2cncc(O)c2)cc1. The number of rotatable bonds is 1. The first-order valence-corrected chi connectivity index (χ1v) is 5.72. The fourth-order valence-electron chi connectivity index (χ4n) is 1.75. The first kappa shape index (κ1) is 11.6. The predicted octanol–water partition coefficient (Wildman–Crippen LogP) is 3.75. The van der Waals surface area contributed by atoms with Crippen LogP contribution < -0.4 is 0 Å². The van der Waals surface area contributed by atoms with Crippen molar-refractivity contribution in [1.29, 1.82) is 0 Å². The van der Waals surface area contributed by atoms with Crippen LogP contribution in [0, 0.1) is 0 Å². The maximum absolute atomic E-state index is 9.40. The molecule has 0 atom stereocenters. The van der Waals surface area contributed by atoms with Crippen molar-refractivity contribution in [2.75, 3.05) is 0 Å². The van der Waals surface area contributed by atoms with Crippen LogP contribution in [-0.4, -0.2) is 10.1 Å². The van der Waals surface area contributed by atoms with Crippen LogP contribution in [0.1, 0.15) is 26.3 Å². The molecule has 88 valence electrons. The van der Waals surface area contributed by atoms with E-state index in [1.54, 1.807) is 12.3 Å². The summed E-state index contributed by atoms with van der Waals surface area (Å²) in [6.45, 7) is 6.58. The average Bonchev–Trinajstić information content (AvgIpc) is 2.28. The first-order valence-electron chi connectivity index (χ1n) is 5.72. The number of aromatic nitrogens is 1. The summed E-state index contributed by atoms with van der Waals surface area (Å²) in [5.41, 5.74) is 3.47. The maximum Gasteiger partial charge on any atom is 0.134 e. The highest BCUT2D eigenvalue weighted by atomic mass is 16.3. The van der Waals surface area contributed by atoms with E-state index in [1.165, 1.54) is 11.8 Å². The van der Waals surface area contributed by atoms with E-state index in [0.717, 1.165) is 11.1 Å². The monoisotopic (exact) mass is 227 g/mol. The Morgan fingerprint density at radius 1 is 0.941 bits per heavy atom. The van der Waals surface area contributed by atoms with Crippen LogP contribution in [0.2, 0.25) is 0 Å². The molecule has 0 saturated carbocycles. The molecular formula is C15H17NO. The molecule has 1 heterocycles. The number of pyridine rings is 1. The molecule has 2 aromatic rings. The summed E-state index contributed by atoms with van der Waals surface area (Å²) in [6.07, 6.45) is 3.19. The second kappa shape index (κ2) is 4.21. The van der Waals surface area contributed by atoms with E-state index in [2.05, 4.69) is 50.0 Å². The third-order valence-corrected chi connectivity index (χ3v) is 2.81. The molecule has 0 fully saturated rings. The van der Waals surface area contributed by atoms with Crippen molar-refractivity contribution < 1.29 is 5.11 Å². The second-order valence-corrected chi connectivity index (χ2v) is 5.26. The zero-order valence-electron chi connectivity index (χ0n) is 10.4. The minimum absolute atomic E-state index is 0.162. The van der Waals surface area contributed by atoms with Gasteiger partial charge in [0.25, 0.3) is 0 Å². The van der Waals surface area contributed by atoms with Crippen LogP contribution in [0.25, 0.3) is 11.1 Å². The van der Waals surface area contributed by atoms with Crippen molar-refractivity contribution in [3.8, 4) is 16.9 Å². The summed E-state index contributed by atoms with van der Waals surface area (Å²) >= 11 is 0. The number of benzene rings is 1. The lowest BCUT2D eigenvalue weighted by molar-refractivity contribution is 0.473. The van der Waals surface area contributed by atoms with Crippen LogP contribution in [-0.2, 0) is 5.41 Å². The molecule has 0 unspecified atom stereocenters.